The Morgan fingerprint density at radius 1 is 1.38 bits per heavy atom. The zero-order valence-electron chi connectivity index (χ0n) is 6.76. The van der Waals surface area contributed by atoms with Gasteiger partial charge in [-0.05, 0) is 17.2 Å². The lowest BCUT2D eigenvalue weighted by molar-refractivity contribution is 0.151. The smallest absolute Gasteiger partial charge is 0.264 e. The van der Waals surface area contributed by atoms with Crippen molar-refractivity contribution in [1.29, 1.82) is 0 Å². The predicted molar refractivity (Wildman–Crippen MR) is 51.4 cm³/mol. The Kier molecular flexibility index (Phi) is 3.70. The van der Waals surface area contributed by atoms with Gasteiger partial charge in [-0.3, -0.25) is 0 Å². The number of hydrogen-bond donors (Lipinski definition) is 0. The number of halogens is 3. The first-order valence-electron chi connectivity index (χ1n) is 3.43. The van der Waals surface area contributed by atoms with Gasteiger partial charge in [-0.1, -0.05) is 15.9 Å². The maximum absolute atomic E-state index is 12.3. The van der Waals surface area contributed by atoms with Gasteiger partial charge in [-0.25, -0.2) is 8.78 Å². The van der Waals surface area contributed by atoms with E-state index < -0.39 is 17.6 Å². The van der Waals surface area contributed by atoms with E-state index in [-0.39, 0.29) is 5.56 Å². The quantitative estimate of drug-likeness (QED) is 0.756. The van der Waals surface area contributed by atoms with Crippen LogP contribution in [0, 0.1) is 0 Å². The molecule has 0 saturated heterocycles. The number of benzene rings is 1. The third kappa shape index (κ3) is 2.93. The normalized spacial score (nSPS) is 13.4. The molecular formula is C8H7BrF2OS. The van der Waals surface area contributed by atoms with Crippen molar-refractivity contribution in [3.8, 4) is 0 Å². The molecule has 0 aromatic heterocycles. The molecule has 1 unspecified atom stereocenters. The molecule has 0 aliphatic carbocycles. The Morgan fingerprint density at radius 3 is 2.46 bits per heavy atom. The highest BCUT2D eigenvalue weighted by Crippen LogP contribution is 2.26. The minimum absolute atomic E-state index is 0.112. The van der Waals surface area contributed by atoms with Crippen LogP contribution in [0.3, 0.4) is 0 Å². The largest absolute Gasteiger partial charge is 0.612 e. The summed E-state index contributed by atoms with van der Waals surface area (Å²) in [4.78, 5) is 0.407. The summed E-state index contributed by atoms with van der Waals surface area (Å²) in [5.74, 6) is 0. The molecule has 72 valence electrons. The summed E-state index contributed by atoms with van der Waals surface area (Å²) in [6.45, 7) is 0. The second-order valence-corrected chi connectivity index (χ2v) is 4.77. The first-order chi connectivity index (χ1) is 6.00. The van der Waals surface area contributed by atoms with E-state index in [1.165, 1.54) is 18.4 Å². The molecule has 1 nitrogen and oxygen atoms in total. The highest BCUT2D eigenvalue weighted by atomic mass is 79.9. The van der Waals surface area contributed by atoms with Gasteiger partial charge in [0.05, 0.1) is 0 Å². The second-order valence-electron chi connectivity index (χ2n) is 2.48. The summed E-state index contributed by atoms with van der Waals surface area (Å²) < 4.78 is 36.1. The SMILES string of the molecule is C[S+]([O-])c1cc(Br)cc(C(F)F)c1. The van der Waals surface area contributed by atoms with Gasteiger partial charge in [-0.15, -0.1) is 0 Å². The lowest BCUT2D eigenvalue weighted by atomic mass is 10.2. The van der Waals surface area contributed by atoms with Crippen LogP contribution in [-0.2, 0) is 11.2 Å². The Hall–Kier alpha value is -0.130. The number of alkyl halides is 2. The lowest BCUT2D eigenvalue weighted by Crippen LogP contribution is -1.98. The van der Waals surface area contributed by atoms with E-state index >= 15 is 0 Å². The van der Waals surface area contributed by atoms with Gasteiger partial charge in [0.2, 0.25) is 0 Å². The Balaban J connectivity index is 3.11. The van der Waals surface area contributed by atoms with Gasteiger partial charge in [0.1, 0.15) is 6.26 Å². The Morgan fingerprint density at radius 2 is 2.00 bits per heavy atom. The summed E-state index contributed by atoms with van der Waals surface area (Å²) >= 11 is 1.85. The van der Waals surface area contributed by atoms with Gasteiger partial charge < -0.3 is 4.55 Å². The summed E-state index contributed by atoms with van der Waals surface area (Å²) in [5.41, 5.74) is -0.112. The van der Waals surface area contributed by atoms with Crippen LogP contribution < -0.4 is 0 Å². The monoisotopic (exact) mass is 268 g/mol. The van der Waals surface area contributed by atoms with E-state index in [1.807, 2.05) is 0 Å². The molecule has 0 aliphatic rings. The van der Waals surface area contributed by atoms with Crippen molar-refractivity contribution in [1.82, 2.24) is 0 Å². The molecule has 13 heavy (non-hydrogen) atoms. The van der Waals surface area contributed by atoms with Crippen LogP contribution in [0.5, 0.6) is 0 Å². The van der Waals surface area contributed by atoms with Crippen LogP contribution in [0.4, 0.5) is 8.78 Å². The fraction of sp³-hybridized carbons (Fsp3) is 0.250. The zero-order valence-corrected chi connectivity index (χ0v) is 9.16. The van der Waals surface area contributed by atoms with E-state index in [1.54, 1.807) is 6.07 Å². The van der Waals surface area contributed by atoms with Crippen molar-refractivity contribution in [2.45, 2.75) is 11.3 Å². The predicted octanol–water partition coefficient (Wildman–Crippen LogP) is 3.12. The second kappa shape index (κ2) is 4.39. The number of hydrogen-bond acceptors (Lipinski definition) is 1. The van der Waals surface area contributed by atoms with Gasteiger partial charge in [0.15, 0.2) is 4.90 Å². The average molecular weight is 269 g/mol. The van der Waals surface area contributed by atoms with Crippen LogP contribution >= 0.6 is 15.9 Å². The van der Waals surface area contributed by atoms with Gasteiger partial charge in [-0.2, -0.15) is 0 Å². The molecule has 0 heterocycles. The summed E-state index contributed by atoms with van der Waals surface area (Å²) in [6, 6.07) is 4.15. The Bertz CT molecular complexity index is 278. The van der Waals surface area contributed by atoms with Crippen LogP contribution in [0.1, 0.15) is 12.0 Å². The van der Waals surface area contributed by atoms with Gasteiger partial charge in [0, 0.05) is 22.2 Å². The van der Waals surface area contributed by atoms with Crippen LogP contribution in [0.25, 0.3) is 0 Å². The molecule has 0 radical (unpaired) electrons. The Labute approximate surface area is 86.5 Å². The molecule has 0 N–H and O–H groups in total. The molecule has 0 bridgehead atoms. The molecule has 0 fully saturated rings. The van der Waals surface area contributed by atoms with Crippen LogP contribution in [0.15, 0.2) is 27.6 Å². The van der Waals surface area contributed by atoms with E-state index in [0.717, 1.165) is 0 Å². The van der Waals surface area contributed by atoms with Gasteiger partial charge in [0.25, 0.3) is 6.43 Å². The molecule has 0 saturated carbocycles. The van der Waals surface area contributed by atoms with Crippen molar-refractivity contribution in [3.63, 3.8) is 0 Å². The van der Waals surface area contributed by atoms with Crippen molar-refractivity contribution >= 4 is 27.1 Å². The van der Waals surface area contributed by atoms with E-state index in [9.17, 15) is 13.3 Å². The molecule has 1 atom stereocenters. The zero-order chi connectivity index (χ0) is 10.0. The van der Waals surface area contributed by atoms with Crippen molar-refractivity contribution in [3.05, 3.63) is 28.2 Å². The minimum atomic E-state index is -2.53. The number of rotatable bonds is 2. The summed E-state index contributed by atoms with van der Waals surface area (Å²) in [7, 11) is 0. The summed E-state index contributed by atoms with van der Waals surface area (Å²) in [5, 5.41) is 0. The maximum Gasteiger partial charge on any atom is 0.264 e. The molecule has 1 rings (SSSR count). The maximum atomic E-state index is 12.3. The third-order valence-corrected chi connectivity index (χ3v) is 2.83. The topological polar surface area (TPSA) is 23.1 Å². The molecule has 0 spiro atoms. The molecule has 1 aromatic rings. The molecule has 0 aliphatic heterocycles. The van der Waals surface area contributed by atoms with Gasteiger partial charge >= 0.3 is 0 Å². The third-order valence-electron chi connectivity index (χ3n) is 1.48. The van der Waals surface area contributed by atoms with Crippen LogP contribution in [-0.4, -0.2) is 10.8 Å². The fourth-order valence-electron chi connectivity index (χ4n) is 0.876. The molecule has 0 amide bonds. The molecular weight excluding hydrogens is 262 g/mol. The van der Waals surface area contributed by atoms with Crippen molar-refractivity contribution in [2.24, 2.45) is 0 Å². The fourth-order valence-corrected chi connectivity index (χ4v) is 2.13. The molecule has 1 aromatic carbocycles. The first-order valence-corrected chi connectivity index (χ1v) is 5.78. The highest BCUT2D eigenvalue weighted by Gasteiger charge is 2.13. The lowest BCUT2D eigenvalue weighted by Gasteiger charge is -2.07. The minimum Gasteiger partial charge on any atom is -0.612 e. The average Bonchev–Trinajstić information content (AvgIpc) is 2.03. The first kappa shape index (κ1) is 10.9. The van der Waals surface area contributed by atoms with E-state index in [4.69, 9.17) is 0 Å². The van der Waals surface area contributed by atoms with Crippen molar-refractivity contribution in [2.75, 3.05) is 6.26 Å². The van der Waals surface area contributed by atoms with E-state index in [0.29, 0.717) is 9.37 Å². The molecule has 5 heteroatoms. The van der Waals surface area contributed by atoms with Crippen LogP contribution in [0.2, 0.25) is 0 Å². The van der Waals surface area contributed by atoms with Crippen molar-refractivity contribution < 1.29 is 13.3 Å². The standard InChI is InChI=1S/C8H7BrF2OS/c1-13(12)7-3-5(8(10)11)2-6(9)4-7/h2-4,8H,1H3. The van der Waals surface area contributed by atoms with E-state index in [2.05, 4.69) is 15.9 Å². The highest BCUT2D eigenvalue weighted by molar-refractivity contribution is 9.10. The summed E-state index contributed by atoms with van der Waals surface area (Å²) in [6.07, 6.45) is -1.07.